The predicted molar refractivity (Wildman–Crippen MR) is 89.4 cm³/mol. The van der Waals surface area contributed by atoms with Gasteiger partial charge in [-0.15, -0.1) is 11.3 Å². The van der Waals surface area contributed by atoms with Crippen molar-refractivity contribution >= 4 is 17.3 Å². The molecule has 2 aromatic rings. The van der Waals surface area contributed by atoms with Gasteiger partial charge in [0.2, 0.25) is 0 Å². The molecule has 0 saturated carbocycles. The van der Waals surface area contributed by atoms with E-state index in [1.807, 2.05) is 26.2 Å². The Morgan fingerprint density at radius 2 is 1.87 bits per heavy atom. The van der Waals surface area contributed by atoms with Gasteiger partial charge >= 0.3 is 5.97 Å². The topological polar surface area (TPSA) is 57.7 Å². The largest absolute Gasteiger partial charge is 0.490 e. The molecule has 124 valence electrons. The normalized spacial score (nSPS) is 10.4. The van der Waals surface area contributed by atoms with Crippen LogP contribution in [-0.2, 0) is 17.8 Å². The summed E-state index contributed by atoms with van der Waals surface area (Å²) in [6, 6.07) is 5.05. The molecule has 2 rings (SSSR count). The van der Waals surface area contributed by atoms with E-state index in [-0.39, 0.29) is 6.61 Å². The van der Waals surface area contributed by atoms with Gasteiger partial charge in [-0.05, 0) is 38.5 Å². The van der Waals surface area contributed by atoms with Gasteiger partial charge in [-0.25, -0.2) is 9.78 Å². The van der Waals surface area contributed by atoms with E-state index in [4.69, 9.17) is 14.2 Å². The van der Waals surface area contributed by atoms with Crippen molar-refractivity contribution in [3.05, 3.63) is 39.8 Å². The first-order valence-corrected chi connectivity index (χ1v) is 8.55. The van der Waals surface area contributed by atoms with Crippen molar-refractivity contribution in [2.45, 2.75) is 33.8 Å². The number of rotatable bonds is 8. The molecule has 0 aliphatic rings. The lowest BCUT2D eigenvalue weighted by atomic mass is 10.2. The third-order valence-corrected chi connectivity index (χ3v) is 4.07. The highest BCUT2D eigenvalue weighted by molar-refractivity contribution is 7.09. The number of nitrogens with zero attached hydrogens (tertiary/aromatic N) is 1. The van der Waals surface area contributed by atoms with E-state index in [9.17, 15) is 4.79 Å². The van der Waals surface area contributed by atoms with Crippen molar-refractivity contribution in [2.75, 3.05) is 13.2 Å². The van der Waals surface area contributed by atoms with E-state index in [0.29, 0.717) is 30.3 Å². The third-order valence-electron chi connectivity index (χ3n) is 3.03. The summed E-state index contributed by atoms with van der Waals surface area (Å²) in [5.41, 5.74) is 1.21. The number of aromatic nitrogens is 1. The van der Waals surface area contributed by atoms with Gasteiger partial charge in [0.05, 0.1) is 29.5 Å². The smallest absolute Gasteiger partial charge is 0.338 e. The van der Waals surface area contributed by atoms with Crippen LogP contribution in [0, 0.1) is 0 Å². The first-order valence-electron chi connectivity index (χ1n) is 7.67. The Morgan fingerprint density at radius 3 is 2.52 bits per heavy atom. The number of esters is 1. The van der Waals surface area contributed by atoms with Crippen molar-refractivity contribution in [3.8, 4) is 11.5 Å². The zero-order valence-electron chi connectivity index (χ0n) is 13.6. The summed E-state index contributed by atoms with van der Waals surface area (Å²) in [4.78, 5) is 16.6. The maximum absolute atomic E-state index is 12.2. The number of carbonyl (C=O) groups is 1. The Balaban J connectivity index is 2.04. The molecule has 1 heterocycles. The molecule has 1 aromatic carbocycles. The second-order valence-corrected chi connectivity index (χ2v) is 5.63. The van der Waals surface area contributed by atoms with Gasteiger partial charge in [0.25, 0.3) is 0 Å². The molecule has 23 heavy (non-hydrogen) atoms. The Hall–Kier alpha value is -2.08. The van der Waals surface area contributed by atoms with Gasteiger partial charge in [-0.1, -0.05) is 6.92 Å². The highest BCUT2D eigenvalue weighted by atomic mass is 32.1. The standard InChI is InChI=1S/C17H21NO4S/c1-4-16-18-13(11-23-16)10-22-17(19)12-7-8-14(20-5-2)15(9-12)21-6-3/h7-9,11H,4-6,10H2,1-3H3. The SMILES string of the molecule is CCOc1ccc(C(=O)OCc2csc(CC)n2)cc1OCC. The van der Waals surface area contributed by atoms with Crippen LogP contribution in [0.1, 0.15) is 41.8 Å². The number of carbonyl (C=O) groups excluding carboxylic acids is 1. The molecular formula is C17H21NO4S. The Morgan fingerprint density at radius 1 is 1.13 bits per heavy atom. The summed E-state index contributed by atoms with van der Waals surface area (Å²) in [5.74, 6) is 0.767. The zero-order valence-corrected chi connectivity index (χ0v) is 14.4. The minimum absolute atomic E-state index is 0.173. The molecule has 0 N–H and O–H groups in total. The monoisotopic (exact) mass is 335 g/mol. The van der Waals surface area contributed by atoms with Crippen molar-refractivity contribution < 1.29 is 19.0 Å². The average molecular weight is 335 g/mol. The molecule has 0 amide bonds. The fourth-order valence-electron chi connectivity index (χ4n) is 1.98. The summed E-state index contributed by atoms with van der Waals surface area (Å²) in [6.07, 6.45) is 0.884. The highest BCUT2D eigenvalue weighted by Crippen LogP contribution is 2.29. The Labute approximate surface area is 140 Å². The number of ether oxygens (including phenoxy) is 3. The van der Waals surface area contributed by atoms with E-state index < -0.39 is 5.97 Å². The van der Waals surface area contributed by atoms with Gasteiger partial charge in [-0.3, -0.25) is 0 Å². The number of hydrogen-bond acceptors (Lipinski definition) is 6. The van der Waals surface area contributed by atoms with Gasteiger partial charge < -0.3 is 14.2 Å². The number of benzene rings is 1. The summed E-state index contributed by atoms with van der Waals surface area (Å²) < 4.78 is 16.3. The summed E-state index contributed by atoms with van der Waals surface area (Å²) in [7, 11) is 0. The molecule has 5 nitrogen and oxygen atoms in total. The third kappa shape index (κ3) is 4.69. The van der Waals surface area contributed by atoms with Gasteiger partial charge in [0, 0.05) is 5.38 Å². The first kappa shape index (κ1) is 17.3. The molecule has 0 atom stereocenters. The molecule has 0 bridgehead atoms. The molecule has 0 radical (unpaired) electrons. The molecule has 0 fully saturated rings. The lowest BCUT2D eigenvalue weighted by Gasteiger charge is -2.12. The fourth-order valence-corrected chi connectivity index (χ4v) is 2.71. The van der Waals surface area contributed by atoms with Crippen molar-refractivity contribution in [1.82, 2.24) is 4.98 Å². The molecule has 1 aromatic heterocycles. The maximum atomic E-state index is 12.2. The number of hydrogen-bond donors (Lipinski definition) is 0. The van der Waals surface area contributed by atoms with Gasteiger partial charge in [0.15, 0.2) is 11.5 Å². The summed E-state index contributed by atoms with van der Waals surface area (Å²) in [5, 5.41) is 2.95. The van der Waals surface area contributed by atoms with E-state index in [0.717, 1.165) is 17.1 Å². The average Bonchev–Trinajstić information content (AvgIpc) is 3.03. The van der Waals surface area contributed by atoms with Crippen LogP contribution in [-0.4, -0.2) is 24.2 Å². The molecule has 0 aliphatic heterocycles. The lowest BCUT2D eigenvalue weighted by Crippen LogP contribution is -2.07. The highest BCUT2D eigenvalue weighted by Gasteiger charge is 2.13. The quantitative estimate of drug-likeness (QED) is 0.686. The molecule has 0 spiro atoms. The first-order chi connectivity index (χ1) is 11.2. The minimum atomic E-state index is -0.403. The Bertz CT molecular complexity index is 654. The van der Waals surface area contributed by atoms with Crippen molar-refractivity contribution in [2.24, 2.45) is 0 Å². The van der Waals surface area contributed by atoms with Crippen LogP contribution >= 0.6 is 11.3 Å². The van der Waals surface area contributed by atoms with Crippen molar-refractivity contribution in [1.29, 1.82) is 0 Å². The minimum Gasteiger partial charge on any atom is -0.490 e. The zero-order chi connectivity index (χ0) is 16.7. The van der Waals surface area contributed by atoms with Crippen molar-refractivity contribution in [3.63, 3.8) is 0 Å². The van der Waals surface area contributed by atoms with Gasteiger partial charge in [-0.2, -0.15) is 0 Å². The summed E-state index contributed by atoms with van der Waals surface area (Å²) in [6.45, 7) is 7.03. The Kier molecular flexibility index (Phi) is 6.40. The van der Waals surface area contributed by atoms with Crippen LogP contribution in [0.15, 0.2) is 23.6 Å². The molecule has 0 unspecified atom stereocenters. The molecule has 6 heteroatoms. The van der Waals surface area contributed by atoms with E-state index in [2.05, 4.69) is 4.98 Å². The van der Waals surface area contributed by atoms with E-state index in [1.165, 1.54) is 0 Å². The van der Waals surface area contributed by atoms with Gasteiger partial charge in [0.1, 0.15) is 6.61 Å². The summed E-state index contributed by atoms with van der Waals surface area (Å²) >= 11 is 1.57. The van der Waals surface area contributed by atoms with Crippen LogP contribution in [0.4, 0.5) is 0 Å². The van der Waals surface area contributed by atoms with E-state index in [1.54, 1.807) is 29.5 Å². The van der Waals surface area contributed by atoms with Crippen LogP contribution in [0.25, 0.3) is 0 Å². The maximum Gasteiger partial charge on any atom is 0.338 e. The predicted octanol–water partition coefficient (Wildman–Crippen LogP) is 3.86. The van der Waals surface area contributed by atoms with Crippen LogP contribution < -0.4 is 9.47 Å². The van der Waals surface area contributed by atoms with Crippen LogP contribution in [0.3, 0.4) is 0 Å². The molecular weight excluding hydrogens is 314 g/mol. The molecule has 0 saturated heterocycles. The number of aryl methyl sites for hydroxylation is 1. The second-order valence-electron chi connectivity index (χ2n) is 4.69. The lowest BCUT2D eigenvalue weighted by molar-refractivity contribution is 0.0467. The molecule has 0 aliphatic carbocycles. The van der Waals surface area contributed by atoms with Crippen LogP contribution in [0.5, 0.6) is 11.5 Å². The van der Waals surface area contributed by atoms with E-state index >= 15 is 0 Å². The fraction of sp³-hybridized carbons (Fsp3) is 0.412. The second kappa shape index (κ2) is 8.53. The van der Waals surface area contributed by atoms with Crippen LogP contribution in [0.2, 0.25) is 0 Å². The number of thiazole rings is 1.